The molecule has 0 bridgehead atoms. The van der Waals surface area contributed by atoms with E-state index in [2.05, 4.69) is 33.6 Å². The molecule has 4 fully saturated rings. The highest BCUT2D eigenvalue weighted by atomic mass is 16.2. The van der Waals surface area contributed by atoms with Gasteiger partial charge in [0.15, 0.2) is 0 Å². The van der Waals surface area contributed by atoms with E-state index in [4.69, 9.17) is 0 Å². The molecule has 9 heteroatoms. The summed E-state index contributed by atoms with van der Waals surface area (Å²) in [6.45, 7) is 17.1. The van der Waals surface area contributed by atoms with Crippen molar-refractivity contribution in [2.45, 2.75) is 104 Å². The van der Waals surface area contributed by atoms with Crippen molar-refractivity contribution in [1.29, 1.82) is 0 Å². The van der Waals surface area contributed by atoms with Gasteiger partial charge in [-0.1, -0.05) is 19.8 Å². The number of aryl methyl sites for hydroxylation is 2. The second kappa shape index (κ2) is 13.2. The van der Waals surface area contributed by atoms with Crippen LogP contribution in [0.4, 0.5) is 0 Å². The van der Waals surface area contributed by atoms with Gasteiger partial charge in [-0.05, 0) is 96.1 Å². The van der Waals surface area contributed by atoms with Crippen molar-refractivity contribution in [2.75, 3.05) is 52.4 Å². The van der Waals surface area contributed by atoms with Crippen molar-refractivity contribution in [3.8, 4) is 0 Å². The Morgan fingerprint density at radius 2 is 1.56 bits per heavy atom. The van der Waals surface area contributed by atoms with Crippen molar-refractivity contribution in [3.05, 3.63) is 23.3 Å². The predicted octanol–water partition coefficient (Wildman–Crippen LogP) is 4.47. The Kier molecular flexibility index (Phi) is 9.79. The summed E-state index contributed by atoms with van der Waals surface area (Å²) in [5.74, 6) is 1.65. The van der Waals surface area contributed by atoms with E-state index in [1.165, 1.54) is 25.6 Å². The lowest BCUT2D eigenvalue weighted by atomic mass is 9.62. The van der Waals surface area contributed by atoms with Crippen LogP contribution in [0.3, 0.4) is 0 Å². The van der Waals surface area contributed by atoms with E-state index in [9.17, 15) is 14.4 Å². The fourth-order valence-corrected chi connectivity index (χ4v) is 8.53. The first-order chi connectivity index (χ1) is 20.5. The molecule has 4 aliphatic rings. The number of hydrogen-bond acceptors (Lipinski definition) is 6. The Morgan fingerprint density at radius 1 is 0.930 bits per heavy atom. The van der Waals surface area contributed by atoms with Gasteiger partial charge < -0.3 is 14.7 Å². The molecular weight excluding hydrogens is 540 g/mol. The molecule has 4 aliphatic heterocycles. The third-order valence-corrected chi connectivity index (χ3v) is 11.7. The molecule has 1 aromatic heterocycles. The quantitative estimate of drug-likeness (QED) is 0.463. The lowest BCUT2D eigenvalue weighted by Crippen LogP contribution is -2.60. The summed E-state index contributed by atoms with van der Waals surface area (Å²) in [6, 6.07) is 0. The highest BCUT2D eigenvalue weighted by molar-refractivity contribution is 5.96. The molecule has 0 aliphatic carbocycles. The highest BCUT2D eigenvalue weighted by Crippen LogP contribution is 2.49. The molecule has 238 valence electrons. The number of nitrogens with zero attached hydrogens (tertiary/aromatic N) is 6. The second-order valence-corrected chi connectivity index (χ2v) is 14.3. The van der Waals surface area contributed by atoms with Gasteiger partial charge in [0.2, 0.25) is 11.8 Å². The Labute approximate surface area is 258 Å². The van der Waals surface area contributed by atoms with Gasteiger partial charge in [0.05, 0.1) is 17.0 Å². The number of carbonyl (C=O) groups excluding carboxylic acids is 3. The summed E-state index contributed by atoms with van der Waals surface area (Å²) in [7, 11) is 0. The molecule has 5 rings (SSSR count). The van der Waals surface area contributed by atoms with Crippen molar-refractivity contribution in [2.24, 2.45) is 17.3 Å². The number of unbranched alkanes of at least 4 members (excludes halogenated alkanes) is 1. The molecule has 4 saturated heterocycles. The molecule has 3 amide bonds. The predicted molar refractivity (Wildman–Crippen MR) is 167 cm³/mol. The van der Waals surface area contributed by atoms with Crippen molar-refractivity contribution >= 4 is 17.7 Å². The van der Waals surface area contributed by atoms with Crippen LogP contribution in [0.5, 0.6) is 0 Å². The molecule has 1 unspecified atom stereocenters. The normalized spacial score (nSPS) is 24.9. The zero-order valence-corrected chi connectivity index (χ0v) is 27.4. The Hall–Kier alpha value is -2.55. The monoisotopic (exact) mass is 594 g/mol. The number of carbonyl (C=O) groups is 3. The van der Waals surface area contributed by atoms with Gasteiger partial charge in [-0.25, -0.2) is 9.97 Å². The van der Waals surface area contributed by atoms with Crippen LogP contribution in [0.15, 0.2) is 6.33 Å². The number of likely N-dealkylation sites (tertiary alicyclic amines) is 4. The summed E-state index contributed by atoms with van der Waals surface area (Å²) in [5.41, 5.74) is 2.36. The number of aromatic nitrogens is 2. The zero-order valence-electron chi connectivity index (χ0n) is 27.4. The van der Waals surface area contributed by atoms with Crippen LogP contribution in [0.2, 0.25) is 0 Å². The molecule has 0 N–H and O–H groups in total. The van der Waals surface area contributed by atoms with Gasteiger partial charge >= 0.3 is 0 Å². The van der Waals surface area contributed by atoms with Crippen LogP contribution in [-0.2, 0) is 9.59 Å². The average Bonchev–Trinajstić information content (AvgIpc) is 2.99. The van der Waals surface area contributed by atoms with Crippen molar-refractivity contribution in [1.82, 2.24) is 29.6 Å². The van der Waals surface area contributed by atoms with Gasteiger partial charge in [-0.3, -0.25) is 19.3 Å². The molecule has 1 spiro atoms. The van der Waals surface area contributed by atoms with Crippen LogP contribution in [0.1, 0.15) is 107 Å². The molecule has 5 heterocycles. The molecular formula is C34H54N6O3. The minimum atomic E-state index is 0.0590. The van der Waals surface area contributed by atoms with Crippen LogP contribution in [-0.4, -0.2) is 105 Å². The second-order valence-electron chi connectivity index (χ2n) is 14.3. The summed E-state index contributed by atoms with van der Waals surface area (Å²) < 4.78 is 0. The van der Waals surface area contributed by atoms with Crippen LogP contribution >= 0.6 is 0 Å². The average molecular weight is 595 g/mol. The van der Waals surface area contributed by atoms with Crippen LogP contribution in [0.25, 0.3) is 0 Å². The molecule has 0 radical (unpaired) electrons. The lowest BCUT2D eigenvalue weighted by Gasteiger charge is -2.56. The standard InChI is InChI=1S/C34H54N6O3/c1-6-7-8-29-23-39(22-28-9-15-37(16-10-28)27(4)41)30(42)21-34(29)13-19-40(20-14-34)33(5)11-17-38(18-12-33)32(43)31-25(2)35-24-36-26(31)3/h24,28-29H,6-23H2,1-5H3. The van der Waals surface area contributed by atoms with E-state index in [0.29, 0.717) is 29.7 Å². The minimum absolute atomic E-state index is 0.0590. The molecule has 1 aromatic rings. The number of rotatable bonds is 7. The highest BCUT2D eigenvalue weighted by Gasteiger charge is 2.50. The zero-order chi connectivity index (χ0) is 30.8. The molecule has 0 saturated carbocycles. The Bertz CT molecular complexity index is 1140. The minimum Gasteiger partial charge on any atom is -0.343 e. The summed E-state index contributed by atoms with van der Waals surface area (Å²) in [6.07, 6.45) is 12.0. The number of amides is 3. The fraction of sp³-hybridized carbons (Fsp3) is 0.794. The summed E-state index contributed by atoms with van der Waals surface area (Å²) >= 11 is 0. The lowest BCUT2D eigenvalue weighted by molar-refractivity contribution is -0.148. The molecule has 1 atom stereocenters. The first-order valence-corrected chi connectivity index (χ1v) is 16.9. The Balaban J connectivity index is 1.18. The van der Waals surface area contributed by atoms with E-state index >= 15 is 0 Å². The Morgan fingerprint density at radius 3 is 2.14 bits per heavy atom. The SMILES string of the molecule is CCCCC1CN(CC2CCN(C(C)=O)CC2)C(=O)CC12CCN(C1(C)CCN(C(=O)c3c(C)ncnc3C)CC1)CC2. The van der Waals surface area contributed by atoms with Gasteiger partial charge in [-0.15, -0.1) is 0 Å². The third kappa shape index (κ3) is 6.76. The summed E-state index contributed by atoms with van der Waals surface area (Å²) in [4.78, 5) is 56.1. The fourth-order valence-electron chi connectivity index (χ4n) is 8.53. The van der Waals surface area contributed by atoms with Gasteiger partial charge in [0.25, 0.3) is 5.91 Å². The maximum Gasteiger partial charge on any atom is 0.257 e. The van der Waals surface area contributed by atoms with Crippen LogP contribution in [0, 0.1) is 31.1 Å². The van der Waals surface area contributed by atoms with E-state index < -0.39 is 0 Å². The number of piperidine rings is 4. The van der Waals surface area contributed by atoms with E-state index in [1.807, 2.05) is 23.6 Å². The van der Waals surface area contributed by atoms with Crippen molar-refractivity contribution in [3.63, 3.8) is 0 Å². The van der Waals surface area contributed by atoms with Gasteiger partial charge in [0.1, 0.15) is 6.33 Å². The van der Waals surface area contributed by atoms with E-state index in [1.54, 1.807) is 6.92 Å². The largest absolute Gasteiger partial charge is 0.343 e. The van der Waals surface area contributed by atoms with Crippen molar-refractivity contribution < 1.29 is 14.4 Å². The summed E-state index contributed by atoms with van der Waals surface area (Å²) in [5, 5.41) is 0. The van der Waals surface area contributed by atoms with E-state index in [-0.39, 0.29) is 22.8 Å². The maximum absolute atomic E-state index is 13.6. The van der Waals surface area contributed by atoms with E-state index in [0.717, 1.165) is 102 Å². The molecule has 43 heavy (non-hydrogen) atoms. The number of hydrogen-bond donors (Lipinski definition) is 0. The third-order valence-electron chi connectivity index (χ3n) is 11.7. The van der Waals surface area contributed by atoms with Gasteiger partial charge in [0, 0.05) is 58.2 Å². The first-order valence-electron chi connectivity index (χ1n) is 16.9. The topological polar surface area (TPSA) is 90.0 Å². The van der Waals surface area contributed by atoms with Crippen LogP contribution < -0.4 is 0 Å². The van der Waals surface area contributed by atoms with Gasteiger partial charge in [-0.2, -0.15) is 0 Å². The molecule has 9 nitrogen and oxygen atoms in total. The molecule has 0 aromatic carbocycles. The maximum atomic E-state index is 13.6. The smallest absolute Gasteiger partial charge is 0.257 e. The first kappa shape index (κ1) is 31.9.